The number of nitro benzene ring substituents is 1. The van der Waals surface area contributed by atoms with Gasteiger partial charge in [0, 0.05) is 58.2 Å². The number of amides is 2. The van der Waals surface area contributed by atoms with E-state index in [9.17, 15) is 24.1 Å². The third-order valence-electron chi connectivity index (χ3n) is 4.65. The molecule has 2 fully saturated rings. The summed E-state index contributed by atoms with van der Waals surface area (Å²) < 4.78 is 14.1. The Morgan fingerprint density at radius 2 is 1.68 bits per heavy atom. The molecule has 134 valence electrons. The number of anilines is 1. The van der Waals surface area contributed by atoms with Gasteiger partial charge in [-0.2, -0.15) is 0 Å². The van der Waals surface area contributed by atoms with Gasteiger partial charge in [0.15, 0.2) is 5.82 Å². The lowest BCUT2D eigenvalue weighted by atomic mass is 10.2. The highest BCUT2D eigenvalue weighted by Gasteiger charge is 2.29. The van der Waals surface area contributed by atoms with Crippen LogP contribution in [0.15, 0.2) is 18.2 Å². The van der Waals surface area contributed by atoms with Gasteiger partial charge in [-0.3, -0.25) is 29.5 Å². The van der Waals surface area contributed by atoms with Crippen molar-refractivity contribution in [3.8, 4) is 0 Å². The molecule has 0 unspecified atom stereocenters. The van der Waals surface area contributed by atoms with Crippen LogP contribution in [0.5, 0.6) is 0 Å². The second kappa shape index (κ2) is 7.14. The van der Waals surface area contributed by atoms with E-state index in [1.165, 1.54) is 17.0 Å². The molecule has 25 heavy (non-hydrogen) atoms. The second-order valence-corrected chi connectivity index (χ2v) is 6.16. The maximum atomic E-state index is 14.1. The highest BCUT2D eigenvalue weighted by Crippen LogP contribution is 2.25. The van der Waals surface area contributed by atoms with Gasteiger partial charge < -0.3 is 4.90 Å². The van der Waals surface area contributed by atoms with Gasteiger partial charge in [0.05, 0.1) is 16.7 Å². The maximum Gasteiger partial charge on any atom is 0.272 e. The van der Waals surface area contributed by atoms with E-state index in [0.29, 0.717) is 57.8 Å². The van der Waals surface area contributed by atoms with E-state index >= 15 is 0 Å². The number of rotatable bonds is 5. The zero-order valence-electron chi connectivity index (χ0n) is 13.7. The maximum absolute atomic E-state index is 14.1. The average Bonchev–Trinajstić information content (AvgIpc) is 2.92. The predicted octanol–water partition coefficient (Wildman–Crippen LogP) is 1.00. The Morgan fingerprint density at radius 3 is 2.24 bits per heavy atom. The van der Waals surface area contributed by atoms with Crippen molar-refractivity contribution < 1.29 is 18.9 Å². The summed E-state index contributed by atoms with van der Waals surface area (Å²) in [6.45, 7) is 3.50. The molecule has 0 N–H and O–H groups in total. The fourth-order valence-corrected chi connectivity index (χ4v) is 3.19. The largest absolute Gasteiger partial charge is 0.367 e. The van der Waals surface area contributed by atoms with Gasteiger partial charge in [-0.1, -0.05) is 0 Å². The van der Waals surface area contributed by atoms with Crippen molar-refractivity contribution in [1.82, 2.24) is 9.80 Å². The van der Waals surface area contributed by atoms with Gasteiger partial charge in [0.2, 0.25) is 11.8 Å². The van der Waals surface area contributed by atoms with Crippen molar-refractivity contribution in [3.63, 3.8) is 0 Å². The van der Waals surface area contributed by atoms with Crippen LogP contribution in [0.25, 0.3) is 0 Å². The van der Waals surface area contributed by atoms with Crippen molar-refractivity contribution in [3.05, 3.63) is 34.1 Å². The van der Waals surface area contributed by atoms with E-state index in [1.807, 2.05) is 4.90 Å². The third-order valence-corrected chi connectivity index (χ3v) is 4.65. The highest BCUT2D eigenvalue weighted by molar-refractivity contribution is 6.01. The summed E-state index contributed by atoms with van der Waals surface area (Å²) in [5.74, 6) is -0.830. The van der Waals surface area contributed by atoms with Gasteiger partial charge >= 0.3 is 0 Å². The lowest BCUT2D eigenvalue weighted by Gasteiger charge is -2.36. The molecule has 0 aromatic heterocycles. The Kier molecular flexibility index (Phi) is 4.93. The molecule has 2 amide bonds. The number of nitro groups is 1. The molecule has 0 bridgehead atoms. The van der Waals surface area contributed by atoms with E-state index in [-0.39, 0.29) is 17.5 Å². The number of carbonyl (C=O) groups excluding carboxylic acids is 2. The number of likely N-dealkylation sites (tertiary alicyclic amines) is 1. The smallest absolute Gasteiger partial charge is 0.272 e. The number of hydrogen-bond donors (Lipinski definition) is 0. The molecular formula is C16H19FN4O4. The Balaban J connectivity index is 1.53. The van der Waals surface area contributed by atoms with Crippen LogP contribution in [0.3, 0.4) is 0 Å². The zero-order chi connectivity index (χ0) is 18.0. The first-order valence-electron chi connectivity index (χ1n) is 8.20. The fourth-order valence-electron chi connectivity index (χ4n) is 3.19. The molecule has 1 aromatic carbocycles. The summed E-state index contributed by atoms with van der Waals surface area (Å²) >= 11 is 0. The number of hydrogen-bond acceptors (Lipinski definition) is 6. The fraction of sp³-hybridized carbons (Fsp3) is 0.500. The molecular weight excluding hydrogens is 331 g/mol. The van der Waals surface area contributed by atoms with Crippen molar-refractivity contribution in [1.29, 1.82) is 0 Å². The van der Waals surface area contributed by atoms with Gasteiger partial charge in [-0.15, -0.1) is 0 Å². The number of halogens is 1. The van der Waals surface area contributed by atoms with Crippen LogP contribution in [-0.2, 0) is 9.59 Å². The minimum atomic E-state index is -0.619. The lowest BCUT2D eigenvalue weighted by molar-refractivity contribution is -0.385. The molecule has 8 nitrogen and oxygen atoms in total. The van der Waals surface area contributed by atoms with Crippen LogP contribution in [0.1, 0.15) is 12.8 Å². The highest BCUT2D eigenvalue weighted by atomic mass is 19.1. The first-order valence-corrected chi connectivity index (χ1v) is 8.20. The molecule has 0 radical (unpaired) electrons. The molecule has 0 atom stereocenters. The molecule has 2 saturated heterocycles. The minimum Gasteiger partial charge on any atom is -0.367 e. The monoisotopic (exact) mass is 350 g/mol. The Hall–Kier alpha value is -2.55. The van der Waals surface area contributed by atoms with Crippen molar-refractivity contribution in [2.75, 3.05) is 44.2 Å². The quantitative estimate of drug-likeness (QED) is 0.447. The summed E-state index contributed by atoms with van der Waals surface area (Å²) in [4.78, 5) is 38.5. The van der Waals surface area contributed by atoms with Crippen LogP contribution < -0.4 is 4.90 Å². The van der Waals surface area contributed by atoms with Gasteiger partial charge in [0.25, 0.3) is 5.69 Å². The summed E-state index contributed by atoms with van der Waals surface area (Å²) in [5.41, 5.74) is 0.0926. The number of non-ortho nitro benzene ring substituents is 1. The molecule has 2 aliphatic heterocycles. The third kappa shape index (κ3) is 3.76. The first-order chi connectivity index (χ1) is 12.0. The van der Waals surface area contributed by atoms with E-state index < -0.39 is 10.7 Å². The molecule has 2 aliphatic rings. The van der Waals surface area contributed by atoms with Crippen LogP contribution in [-0.4, -0.2) is 65.8 Å². The molecule has 2 heterocycles. The summed E-state index contributed by atoms with van der Waals surface area (Å²) in [6, 6.07) is 3.67. The zero-order valence-corrected chi connectivity index (χ0v) is 13.7. The van der Waals surface area contributed by atoms with Crippen LogP contribution in [0.2, 0.25) is 0 Å². The van der Waals surface area contributed by atoms with Crippen molar-refractivity contribution in [2.24, 2.45) is 0 Å². The van der Waals surface area contributed by atoms with E-state index in [1.54, 1.807) is 0 Å². The van der Waals surface area contributed by atoms with Crippen LogP contribution >= 0.6 is 0 Å². The van der Waals surface area contributed by atoms with Crippen molar-refractivity contribution >= 4 is 23.2 Å². The predicted molar refractivity (Wildman–Crippen MR) is 87.7 cm³/mol. The first kappa shape index (κ1) is 17.3. The lowest BCUT2D eigenvalue weighted by Crippen LogP contribution is -2.49. The normalized spacial score (nSPS) is 18.9. The molecule has 0 saturated carbocycles. The molecule has 9 heteroatoms. The van der Waals surface area contributed by atoms with Gasteiger partial charge in [-0.25, -0.2) is 4.39 Å². The Labute approximate surface area is 143 Å². The molecule has 1 aromatic rings. The Bertz CT molecular complexity index is 687. The average molecular weight is 350 g/mol. The topological polar surface area (TPSA) is 87.0 Å². The molecule has 0 spiro atoms. The minimum absolute atomic E-state index is 0.114. The van der Waals surface area contributed by atoms with E-state index in [0.717, 1.165) is 6.07 Å². The number of piperazine rings is 1. The van der Waals surface area contributed by atoms with E-state index in [4.69, 9.17) is 0 Å². The van der Waals surface area contributed by atoms with Gasteiger partial charge in [-0.05, 0) is 6.07 Å². The number of carbonyl (C=O) groups is 2. The Morgan fingerprint density at radius 1 is 1.04 bits per heavy atom. The number of benzene rings is 1. The SMILES string of the molecule is O=C1CCC(=O)N1CCN1CCN(c2ccc([N+](=O)[O-])cc2F)CC1. The second-order valence-electron chi connectivity index (χ2n) is 6.16. The van der Waals surface area contributed by atoms with Crippen LogP contribution in [0.4, 0.5) is 15.8 Å². The number of nitrogens with zero attached hydrogens (tertiary/aromatic N) is 4. The summed E-state index contributed by atoms with van der Waals surface area (Å²) in [6.07, 6.45) is 0.595. The van der Waals surface area contributed by atoms with E-state index in [2.05, 4.69) is 4.90 Å². The van der Waals surface area contributed by atoms with Crippen LogP contribution in [0, 0.1) is 15.9 Å². The number of imide groups is 1. The molecule has 0 aliphatic carbocycles. The molecule has 3 rings (SSSR count). The van der Waals surface area contributed by atoms with Crippen molar-refractivity contribution in [2.45, 2.75) is 12.8 Å². The standard InChI is InChI=1S/C16H19FN4O4/c17-13-11-12(21(24)25)1-2-14(13)19-8-5-18(6-9-19)7-10-20-15(22)3-4-16(20)23/h1-2,11H,3-10H2. The van der Waals surface area contributed by atoms with Gasteiger partial charge in [0.1, 0.15) is 0 Å². The summed E-state index contributed by atoms with van der Waals surface area (Å²) in [5, 5.41) is 10.7. The summed E-state index contributed by atoms with van der Waals surface area (Å²) in [7, 11) is 0.